The number of hydrogen-bond donors (Lipinski definition) is 0. The van der Waals surface area contributed by atoms with E-state index in [4.69, 9.17) is 0 Å². The first-order valence-electron chi connectivity index (χ1n) is 8.82. The minimum absolute atomic E-state index is 0.256. The van der Waals surface area contributed by atoms with Crippen molar-refractivity contribution in [3.8, 4) is 0 Å². The van der Waals surface area contributed by atoms with Crippen molar-refractivity contribution in [2.75, 3.05) is 18.0 Å². The summed E-state index contributed by atoms with van der Waals surface area (Å²) in [5.41, 5.74) is -1.98. The lowest BCUT2D eigenvalue weighted by Crippen LogP contribution is -2.40. The number of hydrogen-bond acceptors (Lipinski definition) is 4. The third-order valence-corrected chi connectivity index (χ3v) is 5.02. The predicted molar refractivity (Wildman–Crippen MR) is 94.5 cm³/mol. The van der Waals surface area contributed by atoms with Gasteiger partial charge in [0.15, 0.2) is 5.82 Å². The van der Waals surface area contributed by atoms with E-state index in [1.807, 2.05) is 0 Å². The van der Waals surface area contributed by atoms with Crippen LogP contribution in [0, 0.1) is 11.7 Å². The third-order valence-electron chi connectivity index (χ3n) is 5.02. The molecule has 0 atom stereocenters. The fraction of sp³-hybridized carbons (Fsp3) is 0.421. The average molecular weight is 397 g/mol. The van der Waals surface area contributed by atoms with Gasteiger partial charge in [-0.1, -0.05) is 6.07 Å². The minimum atomic E-state index is -4.72. The molecule has 1 aromatic heterocycles. The van der Waals surface area contributed by atoms with Gasteiger partial charge in [-0.15, -0.1) is 0 Å². The van der Waals surface area contributed by atoms with Crippen molar-refractivity contribution in [3.63, 3.8) is 0 Å². The zero-order valence-corrected chi connectivity index (χ0v) is 15.2. The van der Waals surface area contributed by atoms with Gasteiger partial charge in [0, 0.05) is 50.4 Å². The molecule has 0 bridgehead atoms. The quantitative estimate of drug-likeness (QED) is 0.745. The van der Waals surface area contributed by atoms with Crippen LogP contribution in [-0.2, 0) is 24.4 Å². The fourth-order valence-electron chi connectivity index (χ4n) is 3.44. The lowest BCUT2D eigenvalue weighted by Gasteiger charge is -2.31. The highest BCUT2D eigenvalue weighted by molar-refractivity contribution is 5.84. The van der Waals surface area contributed by atoms with Crippen LogP contribution in [0.5, 0.6) is 0 Å². The maximum atomic E-state index is 14.0. The molecule has 1 aromatic carbocycles. The monoisotopic (exact) mass is 397 g/mol. The highest BCUT2D eigenvalue weighted by atomic mass is 19.4. The molecule has 150 valence electrons. The topological polar surface area (TPSA) is 55.2 Å². The number of alkyl halides is 3. The van der Waals surface area contributed by atoms with E-state index in [9.17, 15) is 27.2 Å². The first-order chi connectivity index (χ1) is 13.2. The molecule has 1 saturated heterocycles. The molecule has 0 radical (unpaired) electrons. The lowest BCUT2D eigenvalue weighted by atomic mass is 9.88. The first kappa shape index (κ1) is 20.0. The van der Waals surface area contributed by atoms with Crippen LogP contribution in [-0.4, -0.2) is 28.4 Å². The summed E-state index contributed by atoms with van der Waals surface area (Å²) in [5.74, 6) is -1.66. The summed E-state index contributed by atoms with van der Waals surface area (Å²) < 4.78 is 54.7. The standard InChI is InChI=1S/C19H19F4N3O2/c1-25-10-7-24-17(18(25)28)26-8-5-12(6-9-26)16(27)11-13-14(19(21,22)23)3-2-4-15(13)20/h2-4,7,10,12H,5-6,8-9,11H2,1H3. The Labute approximate surface area is 158 Å². The van der Waals surface area contributed by atoms with Crippen molar-refractivity contribution in [2.24, 2.45) is 13.0 Å². The lowest BCUT2D eigenvalue weighted by molar-refractivity contribution is -0.138. The van der Waals surface area contributed by atoms with Gasteiger partial charge in [0.2, 0.25) is 0 Å². The van der Waals surface area contributed by atoms with E-state index in [-0.39, 0.29) is 11.4 Å². The molecule has 0 amide bonds. The number of aromatic nitrogens is 2. The molecule has 1 aliphatic rings. The van der Waals surface area contributed by atoms with Gasteiger partial charge in [0.25, 0.3) is 5.56 Å². The van der Waals surface area contributed by atoms with E-state index < -0.39 is 41.2 Å². The van der Waals surface area contributed by atoms with E-state index in [0.717, 1.165) is 18.2 Å². The molecule has 2 aromatic rings. The number of rotatable bonds is 4. The molecule has 28 heavy (non-hydrogen) atoms. The number of piperidine rings is 1. The number of benzene rings is 1. The molecule has 0 spiro atoms. The molecule has 0 saturated carbocycles. The van der Waals surface area contributed by atoms with Gasteiger partial charge in [-0.25, -0.2) is 9.37 Å². The summed E-state index contributed by atoms with van der Waals surface area (Å²) in [6.07, 6.45) is -1.54. The van der Waals surface area contributed by atoms with E-state index >= 15 is 0 Å². The Morgan fingerprint density at radius 2 is 1.93 bits per heavy atom. The summed E-state index contributed by atoms with van der Waals surface area (Å²) >= 11 is 0. The zero-order chi connectivity index (χ0) is 20.5. The maximum absolute atomic E-state index is 14.0. The molecular formula is C19H19F4N3O2. The van der Waals surface area contributed by atoms with Gasteiger partial charge in [-0.05, 0) is 25.0 Å². The zero-order valence-electron chi connectivity index (χ0n) is 15.2. The van der Waals surface area contributed by atoms with Gasteiger partial charge in [0.1, 0.15) is 11.6 Å². The van der Waals surface area contributed by atoms with Crippen LogP contribution in [0.1, 0.15) is 24.0 Å². The largest absolute Gasteiger partial charge is 0.416 e. The predicted octanol–water partition coefficient (Wildman–Crippen LogP) is 2.97. The fourth-order valence-corrected chi connectivity index (χ4v) is 3.44. The van der Waals surface area contributed by atoms with Crippen molar-refractivity contribution in [1.29, 1.82) is 0 Å². The highest BCUT2D eigenvalue weighted by Crippen LogP contribution is 2.34. The van der Waals surface area contributed by atoms with Crippen molar-refractivity contribution in [1.82, 2.24) is 9.55 Å². The van der Waals surface area contributed by atoms with Gasteiger partial charge < -0.3 is 9.47 Å². The van der Waals surface area contributed by atoms with Gasteiger partial charge in [-0.2, -0.15) is 13.2 Å². The number of anilines is 1. The number of carbonyl (C=O) groups excluding carboxylic acids is 1. The third kappa shape index (κ3) is 4.07. The summed E-state index contributed by atoms with van der Waals surface area (Å²) in [7, 11) is 1.61. The minimum Gasteiger partial charge on any atom is -0.352 e. The van der Waals surface area contributed by atoms with Crippen LogP contribution in [0.25, 0.3) is 0 Å². The van der Waals surface area contributed by atoms with E-state index in [1.54, 1.807) is 11.9 Å². The number of halogens is 4. The number of Topliss-reactive ketones (excluding diaryl/α,β-unsaturated/α-hetero) is 1. The number of aryl methyl sites for hydroxylation is 1. The molecule has 9 heteroatoms. The molecule has 3 rings (SSSR count). The second-order valence-corrected chi connectivity index (χ2v) is 6.84. The van der Waals surface area contributed by atoms with Crippen LogP contribution >= 0.6 is 0 Å². The van der Waals surface area contributed by atoms with Gasteiger partial charge in [-0.3, -0.25) is 9.59 Å². The molecular weight excluding hydrogens is 378 g/mol. The second-order valence-electron chi connectivity index (χ2n) is 6.84. The van der Waals surface area contributed by atoms with Crippen molar-refractivity contribution >= 4 is 11.6 Å². The van der Waals surface area contributed by atoms with Crippen LogP contribution in [0.15, 0.2) is 35.4 Å². The average Bonchev–Trinajstić information content (AvgIpc) is 2.65. The SMILES string of the molecule is Cn1ccnc(N2CCC(C(=O)Cc3c(F)cccc3C(F)(F)F)CC2)c1=O. The number of carbonyl (C=O) groups is 1. The Kier molecular flexibility index (Phi) is 5.53. The van der Waals surface area contributed by atoms with Crippen molar-refractivity contribution < 1.29 is 22.4 Å². The smallest absolute Gasteiger partial charge is 0.352 e. The molecule has 2 heterocycles. The molecule has 0 N–H and O–H groups in total. The maximum Gasteiger partial charge on any atom is 0.416 e. The Morgan fingerprint density at radius 3 is 2.57 bits per heavy atom. The molecule has 0 unspecified atom stereocenters. The second kappa shape index (κ2) is 7.73. The van der Waals surface area contributed by atoms with Crippen LogP contribution < -0.4 is 10.5 Å². The Bertz CT molecular complexity index is 932. The number of ketones is 1. The molecule has 1 aliphatic heterocycles. The van der Waals surface area contributed by atoms with Crippen molar-refractivity contribution in [3.05, 3.63) is 57.9 Å². The van der Waals surface area contributed by atoms with E-state index in [1.165, 1.54) is 17.0 Å². The van der Waals surface area contributed by atoms with Crippen LogP contribution in [0.3, 0.4) is 0 Å². The van der Waals surface area contributed by atoms with Crippen LogP contribution in [0.2, 0.25) is 0 Å². The molecule has 5 nitrogen and oxygen atoms in total. The van der Waals surface area contributed by atoms with Gasteiger partial charge >= 0.3 is 6.18 Å². The first-order valence-corrected chi connectivity index (χ1v) is 8.82. The Balaban J connectivity index is 1.70. The summed E-state index contributed by atoms with van der Waals surface area (Å²) in [4.78, 5) is 30.5. The summed E-state index contributed by atoms with van der Waals surface area (Å²) in [6, 6.07) is 2.69. The van der Waals surface area contributed by atoms with Crippen LogP contribution in [0.4, 0.5) is 23.4 Å². The molecule has 1 fully saturated rings. The Hall–Kier alpha value is -2.71. The molecule has 0 aliphatic carbocycles. The van der Waals surface area contributed by atoms with E-state index in [2.05, 4.69) is 4.98 Å². The normalized spacial score (nSPS) is 15.7. The highest BCUT2D eigenvalue weighted by Gasteiger charge is 2.36. The summed E-state index contributed by atoms with van der Waals surface area (Å²) in [6.45, 7) is 0.762. The Morgan fingerprint density at radius 1 is 1.25 bits per heavy atom. The van der Waals surface area contributed by atoms with Crippen molar-refractivity contribution in [2.45, 2.75) is 25.4 Å². The van der Waals surface area contributed by atoms with E-state index in [0.29, 0.717) is 25.9 Å². The van der Waals surface area contributed by atoms with Gasteiger partial charge in [0.05, 0.1) is 5.56 Å². The number of nitrogens with zero attached hydrogens (tertiary/aromatic N) is 3. The summed E-state index contributed by atoms with van der Waals surface area (Å²) in [5, 5.41) is 0.